The van der Waals surface area contributed by atoms with Crippen LogP contribution in [0.2, 0.25) is 5.02 Å². The molecule has 1 unspecified atom stereocenters. The molecule has 1 fully saturated rings. The summed E-state index contributed by atoms with van der Waals surface area (Å²) in [6, 6.07) is 8.87. The first-order valence-electron chi connectivity index (χ1n) is 6.87. The zero-order valence-corrected chi connectivity index (χ0v) is 12.1. The summed E-state index contributed by atoms with van der Waals surface area (Å²) in [4.78, 5) is 12.7. The van der Waals surface area contributed by atoms with E-state index < -0.39 is 6.09 Å². The van der Waals surface area contributed by atoms with Crippen molar-refractivity contribution in [3.05, 3.63) is 41.0 Å². The van der Waals surface area contributed by atoms with Gasteiger partial charge in [-0.3, -0.25) is 4.90 Å². The molecule has 1 aromatic carbocycles. The van der Waals surface area contributed by atoms with Gasteiger partial charge in [-0.05, 0) is 31.4 Å². The van der Waals surface area contributed by atoms with Crippen molar-refractivity contribution in [3.63, 3.8) is 0 Å². The van der Waals surface area contributed by atoms with E-state index in [1.165, 1.54) is 4.90 Å². The first-order chi connectivity index (χ1) is 10.1. The van der Waals surface area contributed by atoms with Gasteiger partial charge in [0.1, 0.15) is 5.69 Å². The molecule has 2 heterocycles. The number of aromatic nitrogens is 1. The van der Waals surface area contributed by atoms with Crippen molar-refractivity contribution >= 4 is 17.7 Å². The molecule has 21 heavy (non-hydrogen) atoms. The van der Waals surface area contributed by atoms with E-state index in [9.17, 15) is 9.90 Å². The lowest BCUT2D eigenvalue weighted by atomic mass is 9.99. The third kappa shape index (κ3) is 2.88. The summed E-state index contributed by atoms with van der Waals surface area (Å²) in [5, 5.41) is 14.0. The number of nitrogens with zero attached hydrogens (tertiary/aromatic N) is 2. The van der Waals surface area contributed by atoms with Gasteiger partial charge in [-0.25, -0.2) is 4.79 Å². The summed E-state index contributed by atoms with van der Waals surface area (Å²) in [6.45, 7) is 0.541. The molecular weight excluding hydrogens is 292 g/mol. The molecule has 1 atom stereocenters. The van der Waals surface area contributed by atoms with Crippen molar-refractivity contribution in [2.45, 2.75) is 25.3 Å². The van der Waals surface area contributed by atoms with Gasteiger partial charge >= 0.3 is 6.09 Å². The molecule has 0 bridgehead atoms. The minimum Gasteiger partial charge on any atom is -0.465 e. The molecule has 1 amide bonds. The number of rotatable bonds is 2. The molecule has 0 saturated carbocycles. The topological polar surface area (TPSA) is 66.6 Å². The first-order valence-corrected chi connectivity index (χ1v) is 7.25. The zero-order chi connectivity index (χ0) is 14.8. The van der Waals surface area contributed by atoms with E-state index in [2.05, 4.69) is 5.16 Å². The lowest BCUT2D eigenvalue weighted by Crippen LogP contribution is -2.37. The summed E-state index contributed by atoms with van der Waals surface area (Å²) in [7, 11) is 0. The molecule has 1 aliphatic heterocycles. The Hall–Kier alpha value is -2.01. The molecule has 0 spiro atoms. The van der Waals surface area contributed by atoms with Crippen molar-refractivity contribution in [1.29, 1.82) is 0 Å². The third-order valence-corrected chi connectivity index (χ3v) is 3.96. The third-order valence-electron chi connectivity index (χ3n) is 3.73. The lowest BCUT2D eigenvalue weighted by molar-refractivity contribution is 0.104. The van der Waals surface area contributed by atoms with Crippen LogP contribution in [0.25, 0.3) is 11.3 Å². The Morgan fingerprint density at radius 2 is 2.24 bits per heavy atom. The van der Waals surface area contributed by atoms with Crippen LogP contribution in [0.5, 0.6) is 0 Å². The molecule has 1 aliphatic rings. The fourth-order valence-corrected chi connectivity index (χ4v) is 2.88. The maximum atomic E-state index is 11.3. The number of carboxylic acid groups (broad SMARTS) is 1. The highest BCUT2D eigenvalue weighted by Crippen LogP contribution is 2.33. The number of amides is 1. The number of halogens is 1. The van der Waals surface area contributed by atoms with E-state index in [1.807, 2.05) is 12.1 Å². The molecule has 0 radical (unpaired) electrons. The minimum atomic E-state index is -0.910. The first kappa shape index (κ1) is 13.9. The van der Waals surface area contributed by atoms with Gasteiger partial charge in [0.15, 0.2) is 5.76 Å². The smallest absolute Gasteiger partial charge is 0.407 e. The second-order valence-electron chi connectivity index (χ2n) is 5.11. The van der Waals surface area contributed by atoms with Crippen LogP contribution in [0.1, 0.15) is 31.0 Å². The molecule has 110 valence electrons. The van der Waals surface area contributed by atoms with Crippen molar-refractivity contribution in [2.24, 2.45) is 0 Å². The largest absolute Gasteiger partial charge is 0.465 e. The van der Waals surface area contributed by atoms with E-state index in [0.29, 0.717) is 23.0 Å². The highest BCUT2D eigenvalue weighted by atomic mass is 35.5. The number of piperidine rings is 1. The van der Waals surface area contributed by atoms with Gasteiger partial charge in [-0.2, -0.15) is 0 Å². The minimum absolute atomic E-state index is 0.229. The summed E-state index contributed by atoms with van der Waals surface area (Å²) >= 11 is 5.97. The Morgan fingerprint density at radius 1 is 1.38 bits per heavy atom. The maximum Gasteiger partial charge on any atom is 0.407 e. The molecule has 0 aliphatic carbocycles. The quantitative estimate of drug-likeness (QED) is 0.903. The average molecular weight is 307 g/mol. The van der Waals surface area contributed by atoms with Crippen LogP contribution in [-0.4, -0.2) is 27.8 Å². The lowest BCUT2D eigenvalue weighted by Gasteiger charge is -2.31. The van der Waals surface area contributed by atoms with Crippen LogP contribution >= 0.6 is 11.6 Å². The van der Waals surface area contributed by atoms with Crippen molar-refractivity contribution in [2.75, 3.05) is 6.54 Å². The molecule has 3 rings (SSSR count). The number of benzene rings is 1. The Balaban J connectivity index is 1.88. The van der Waals surface area contributed by atoms with Crippen molar-refractivity contribution in [1.82, 2.24) is 10.1 Å². The van der Waals surface area contributed by atoms with E-state index in [-0.39, 0.29) is 6.04 Å². The molecule has 1 aromatic heterocycles. The molecule has 2 aromatic rings. The second kappa shape index (κ2) is 5.77. The van der Waals surface area contributed by atoms with Gasteiger partial charge in [0.05, 0.1) is 6.04 Å². The standard InChI is InChI=1S/C15H15ClN2O3/c16-11-5-3-4-10(8-11)14-9-12(17-21-14)13-6-1-2-7-18(13)15(19)20/h3-5,8-9,13H,1-2,6-7H2,(H,19,20). The van der Waals surface area contributed by atoms with Gasteiger partial charge in [-0.15, -0.1) is 0 Å². The SMILES string of the molecule is O=C(O)N1CCCCC1c1cc(-c2cccc(Cl)c2)on1. The van der Waals surface area contributed by atoms with Gasteiger partial charge in [-0.1, -0.05) is 28.9 Å². The highest BCUT2D eigenvalue weighted by molar-refractivity contribution is 6.30. The number of hydrogen-bond donors (Lipinski definition) is 1. The van der Waals surface area contributed by atoms with Crippen LogP contribution in [0, 0.1) is 0 Å². The second-order valence-corrected chi connectivity index (χ2v) is 5.55. The van der Waals surface area contributed by atoms with E-state index in [0.717, 1.165) is 24.8 Å². The Labute approximate surface area is 127 Å². The average Bonchev–Trinajstić information content (AvgIpc) is 2.97. The molecule has 1 N–H and O–H groups in total. The number of likely N-dealkylation sites (tertiary alicyclic amines) is 1. The molecule has 6 heteroatoms. The van der Waals surface area contributed by atoms with Gasteiger partial charge < -0.3 is 9.63 Å². The summed E-state index contributed by atoms with van der Waals surface area (Å²) in [5.74, 6) is 0.600. The van der Waals surface area contributed by atoms with Crippen molar-refractivity contribution < 1.29 is 14.4 Å². The van der Waals surface area contributed by atoms with E-state index in [4.69, 9.17) is 16.1 Å². The highest BCUT2D eigenvalue weighted by Gasteiger charge is 2.30. The fraction of sp³-hybridized carbons (Fsp3) is 0.333. The van der Waals surface area contributed by atoms with Gasteiger partial charge in [0.2, 0.25) is 0 Å². The van der Waals surface area contributed by atoms with Crippen LogP contribution in [0.3, 0.4) is 0 Å². The van der Waals surface area contributed by atoms with Crippen molar-refractivity contribution in [3.8, 4) is 11.3 Å². The Morgan fingerprint density at radius 3 is 3.00 bits per heavy atom. The summed E-state index contributed by atoms with van der Waals surface area (Å²) in [5.41, 5.74) is 1.49. The van der Waals surface area contributed by atoms with Crippen LogP contribution in [-0.2, 0) is 0 Å². The summed E-state index contributed by atoms with van der Waals surface area (Å²) < 4.78 is 5.36. The Kier molecular flexibility index (Phi) is 3.84. The predicted molar refractivity (Wildman–Crippen MR) is 78.3 cm³/mol. The number of hydrogen-bond acceptors (Lipinski definition) is 3. The van der Waals surface area contributed by atoms with E-state index >= 15 is 0 Å². The molecular formula is C15H15ClN2O3. The molecule has 5 nitrogen and oxygen atoms in total. The van der Waals surface area contributed by atoms with Crippen LogP contribution in [0.4, 0.5) is 4.79 Å². The monoisotopic (exact) mass is 306 g/mol. The number of carbonyl (C=O) groups is 1. The van der Waals surface area contributed by atoms with E-state index in [1.54, 1.807) is 18.2 Å². The molecule has 1 saturated heterocycles. The zero-order valence-electron chi connectivity index (χ0n) is 11.3. The van der Waals surface area contributed by atoms with Crippen LogP contribution < -0.4 is 0 Å². The fourth-order valence-electron chi connectivity index (χ4n) is 2.69. The normalized spacial score (nSPS) is 18.7. The predicted octanol–water partition coefficient (Wildman–Crippen LogP) is 4.20. The maximum absolute atomic E-state index is 11.3. The summed E-state index contributed by atoms with van der Waals surface area (Å²) in [6.07, 6.45) is 1.75. The van der Waals surface area contributed by atoms with Gasteiger partial charge in [0, 0.05) is 23.2 Å². The van der Waals surface area contributed by atoms with Gasteiger partial charge in [0.25, 0.3) is 0 Å². The van der Waals surface area contributed by atoms with Crippen LogP contribution in [0.15, 0.2) is 34.9 Å². The Bertz CT molecular complexity index is 656.